The molecule has 1 atom stereocenters. The topological polar surface area (TPSA) is 104 Å². The normalized spacial score (nSPS) is 11.9. The Morgan fingerprint density at radius 2 is 2.00 bits per heavy atom. The first-order chi connectivity index (χ1) is 13.1. The van der Waals surface area contributed by atoms with Crippen molar-refractivity contribution >= 4 is 28.6 Å². The van der Waals surface area contributed by atoms with E-state index in [9.17, 15) is 9.59 Å². The molecule has 0 aliphatic heterocycles. The van der Waals surface area contributed by atoms with Gasteiger partial charge in [-0.25, -0.2) is 4.79 Å². The molecule has 1 amide bonds. The second-order valence-electron chi connectivity index (χ2n) is 6.17. The van der Waals surface area contributed by atoms with Crippen LogP contribution in [0, 0.1) is 0 Å². The first-order valence-corrected chi connectivity index (χ1v) is 8.78. The Balaban J connectivity index is 1.70. The average Bonchev–Trinajstić information content (AvgIpc) is 3.07. The molecular weight excluding hydrogens is 346 g/mol. The maximum absolute atomic E-state index is 12.3. The van der Waals surface area contributed by atoms with Crippen LogP contribution in [-0.2, 0) is 16.0 Å². The van der Waals surface area contributed by atoms with Crippen LogP contribution in [0.2, 0.25) is 0 Å². The number of hydrogen-bond donors (Lipinski definition) is 3. The zero-order chi connectivity index (χ0) is 19.2. The molecule has 1 heterocycles. The van der Waals surface area contributed by atoms with Crippen LogP contribution in [-0.4, -0.2) is 33.3 Å². The summed E-state index contributed by atoms with van der Waals surface area (Å²) in [6.45, 7) is 1.74. The molecule has 0 bridgehead atoms. The van der Waals surface area contributed by atoms with Crippen LogP contribution in [0.5, 0.6) is 5.75 Å². The molecule has 27 heavy (non-hydrogen) atoms. The summed E-state index contributed by atoms with van der Waals surface area (Å²) in [6, 6.07) is 14.9. The molecule has 140 valence electrons. The lowest BCUT2D eigenvalue weighted by molar-refractivity contribution is -0.145. The van der Waals surface area contributed by atoms with Crippen molar-refractivity contribution in [3.63, 3.8) is 0 Å². The van der Waals surface area contributed by atoms with Crippen LogP contribution >= 0.6 is 0 Å². The number of H-pyrrole nitrogens is 1. The van der Waals surface area contributed by atoms with Gasteiger partial charge in [0.15, 0.2) is 11.9 Å². The van der Waals surface area contributed by atoms with Gasteiger partial charge in [0.05, 0.1) is 5.52 Å². The number of fused-ring (bicyclic) bond motifs is 1. The SMILES string of the molecule is CCC(Oc1ccc2[nH]nc(NC(=O)CCc3ccccc3)c2c1)C(=O)O. The number of hydrogen-bond acceptors (Lipinski definition) is 4. The summed E-state index contributed by atoms with van der Waals surface area (Å²) in [7, 11) is 0. The molecule has 0 fully saturated rings. The third-order valence-electron chi connectivity index (χ3n) is 4.20. The van der Waals surface area contributed by atoms with Crippen molar-refractivity contribution in [2.24, 2.45) is 0 Å². The summed E-state index contributed by atoms with van der Waals surface area (Å²) in [4.78, 5) is 23.4. The lowest BCUT2D eigenvalue weighted by Gasteiger charge is -2.13. The number of anilines is 1. The number of nitrogens with one attached hydrogen (secondary N) is 2. The van der Waals surface area contributed by atoms with Crippen LogP contribution in [0.1, 0.15) is 25.3 Å². The average molecular weight is 367 g/mol. The van der Waals surface area contributed by atoms with E-state index in [-0.39, 0.29) is 5.91 Å². The Morgan fingerprint density at radius 1 is 1.22 bits per heavy atom. The van der Waals surface area contributed by atoms with Gasteiger partial charge < -0.3 is 15.2 Å². The molecule has 1 unspecified atom stereocenters. The fourth-order valence-electron chi connectivity index (χ4n) is 2.73. The van der Waals surface area contributed by atoms with Gasteiger partial charge in [-0.15, -0.1) is 0 Å². The van der Waals surface area contributed by atoms with E-state index in [2.05, 4.69) is 15.5 Å². The maximum Gasteiger partial charge on any atom is 0.344 e. The van der Waals surface area contributed by atoms with Crippen molar-refractivity contribution in [2.45, 2.75) is 32.3 Å². The van der Waals surface area contributed by atoms with Crippen molar-refractivity contribution < 1.29 is 19.4 Å². The first-order valence-electron chi connectivity index (χ1n) is 8.78. The van der Waals surface area contributed by atoms with Gasteiger partial charge in [0.25, 0.3) is 0 Å². The molecule has 3 N–H and O–H groups in total. The lowest BCUT2D eigenvalue weighted by Crippen LogP contribution is -2.25. The van der Waals surface area contributed by atoms with Crippen LogP contribution in [0.25, 0.3) is 10.9 Å². The minimum Gasteiger partial charge on any atom is -0.479 e. The zero-order valence-electron chi connectivity index (χ0n) is 14.9. The zero-order valence-corrected chi connectivity index (χ0v) is 14.9. The number of amides is 1. The van der Waals surface area contributed by atoms with Gasteiger partial charge in [0, 0.05) is 11.8 Å². The van der Waals surface area contributed by atoms with Gasteiger partial charge >= 0.3 is 5.97 Å². The molecule has 0 aliphatic carbocycles. The summed E-state index contributed by atoms with van der Waals surface area (Å²) < 4.78 is 5.51. The van der Waals surface area contributed by atoms with Gasteiger partial charge in [-0.2, -0.15) is 5.10 Å². The van der Waals surface area contributed by atoms with Crippen molar-refractivity contribution in [1.29, 1.82) is 0 Å². The molecule has 7 nitrogen and oxygen atoms in total. The number of aromatic nitrogens is 2. The molecule has 7 heteroatoms. The summed E-state index contributed by atoms with van der Waals surface area (Å²) in [5.74, 6) is -0.343. The fourth-order valence-corrected chi connectivity index (χ4v) is 2.73. The molecule has 3 rings (SSSR count). The summed E-state index contributed by atoms with van der Waals surface area (Å²) in [5, 5.41) is 19.6. The summed E-state index contributed by atoms with van der Waals surface area (Å²) in [6.07, 6.45) is 0.409. The lowest BCUT2D eigenvalue weighted by atomic mass is 10.1. The van der Waals surface area contributed by atoms with Crippen LogP contribution in [0.3, 0.4) is 0 Å². The van der Waals surface area contributed by atoms with E-state index in [0.29, 0.717) is 36.2 Å². The molecule has 3 aromatic rings. The number of aromatic amines is 1. The van der Waals surface area contributed by atoms with E-state index in [1.165, 1.54) is 0 Å². The van der Waals surface area contributed by atoms with Crippen molar-refractivity contribution in [2.75, 3.05) is 5.32 Å². The van der Waals surface area contributed by atoms with Crippen LogP contribution in [0.15, 0.2) is 48.5 Å². The highest BCUT2D eigenvalue weighted by atomic mass is 16.5. The minimum atomic E-state index is -1.01. The molecule has 0 aliphatic rings. The van der Waals surface area contributed by atoms with Gasteiger partial charge in [0.2, 0.25) is 5.91 Å². The van der Waals surface area contributed by atoms with Crippen molar-refractivity contribution in [1.82, 2.24) is 10.2 Å². The number of nitrogens with zero attached hydrogens (tertiary/aromatic N) is 1. The number of benzene rings is 2. The van der Waals surface area contributed by atoms with Gasteiger partial charge in [-0.05, 0) is 36.6 Å². The van der Waals surface area contributed by atoms with E-state index >= 15 is 0 Å². The third kappa shape index (κ3) is 4.63. The Bertz CT molecular complexity index is 937. The summed E-state index contributed by atoms with van der Waals surface area (Å²) in [5.41, 5.74) is 1.82. The Labute approximate surface area is 156 Å². The number of carbonyl (C=O) groups is 2. The second-order valence-corrected chi connectivity index (χ2v) is 6.17. The van der Waals surface area contributed by atoms with Crippen molar-refractivity contribution in [3.8, 4) is 5.75 Å². The third-order valence-corrected chi connectivity index (χ3v) is 4.20. The molecule has 2 aromatic carbocycles. The fraction of sp³-hybridized carbons (Fsp3) is 0.250. The predicted molar refractivity (Wildman–Crippen MR) is 102 cm³/mol. The van der Waals surface area contributed by atoms with Crippen molar-refractivity contribution in [3.05, 3.63) is 54.1 Å². The first kappa shape index (κ1) is 18.4. The molecule has 0 spiro atoms. The Hall–Kier alpha value is -3.35. The monoisotopic (exact) mass is 367 g/mol. The second kappa shape index (κ2) is 8.35. The number of carboxylic acids is 1. The summed E-state index contributed by atoms with van der Waals surface area (Å²) >= 11 is 0. The van der Waals surface area contributed by atoms with Gasteiger partial charge in [0.1, 0.15) is 5.75 Å². The standard InChI is InChI=1S/C20H21N3O4/c1-2-17(20(25)26)27-14-9-10-16-15(12-14)19(23-22-16)21-18(24)11-8-13-6-4-3-5-7-13/h3-7,9-10,12,17H,2,8,11H2,1H3,(H,25,26)(H2,21,22,23,24). The van der Waals surface area contributed by atoms with E-state index in [4.69, 9.17) is 9.84 Å². The molecular formula is C20H21N3O4. The highest BCUT2D eigenvalue weighted by Crippen LogP contribution is 2.26. The van der Waals surface area contributed by atoms with E-state index in [1.54, 1.807) is 25.1 Å². The van der Waals surface area contributed by atoms with Gasteiger partial charge in [-0.1, -0.05) is 37.3 Å². The number of rotatable bonds is 8. The number of carboxylic acid groups (broad SMARTS) is 1. The smallest absolute Gasteiger partial charge is 0.344 e. The quantitative estimate of drug-likeness (QED) is 0.566. The Morgan fingerprint density at radius 3 is 2.70 bits per heavy atom. The molecule has 0 saturated carbocycles. The molecule has 0 saturated heterocycles. The van der Waals surface area contributed by atoms with Crippen LogP contribution < -0.4 is 10.1 Å². The maximum atomic E-state index is 12.3. The molecule has 0 radical (unpaired) electrons. The number of aliphatic carboxylic acids is 1. The largest absolute Gasteiger partial charge is 0.479 e. The highest BCUT2D eigenvalue weighted by molar-refractivity contribution is 6.00. The van der Waals surface area contributed by atoms with Gasteiger partial charge in [-0.3, -0.25) is 9.89 Å². The van der Waals surface area contributed by atoms with E-state index < -0.39 is 12.1 Å². The predicted octanol–water partition coefficient (Wildman–Crippen LogP) is 3.38. The number of ether oxygens (including phenoxy) is 1. The highest BCUT2D eigenvalue weighted by Gasteiger charge is 2.18. The van der Waals surface area contributed by atoms with E-state index in [1.807, 2.05) is 30.3 Å². The molecule has 1 aromatic heterocycles. The number of carbonyl (C=O) groups excluding carboxylic acids is 1. The Kier molecular flexibility index (Phi) is 5.71. The minimum absolute atomic E-state index is 0.143. The van der Waals surface area contributed by atoms with E-state index in [0.717, 1.165) is 11.1 Å². The van der Waals surface area contributed by atoms with Crippen LogP contribution in [0.4, 0.5) is 5.82 Å². The number of aryl methyl sites for hydroxylation is 1.